The van der Waals surface area contributed by atoms with E-state index in [2.05, 4.69) is 11.3 Å². The van der Waals surface area contributed by atoms with Crippen molar-refractivity contribution >= 4 is 10.0 Å². The van der Waals surface area contributed by atoms with Gasteiger partial charge in [0.05, 0.1) is 4.90 Å². The molecular weight excluding hydrogens is 238 g/mol. The van der Waals surface area contributed by atoms with Crippen LogP contribution in [0.15, 0.2) is 41.8 Å². The zero-order valence-corrected chi connectivity index (χ0v) is 10.7. The van der Waals surface area contributed by atoms with Gasteiger partial charge in [-0.25, -0.2) is 13.1 Å². The minimum Gasteiger partial charge on any atom is -0.490 e. The SMILES string of the molecule is C=CCOc1ccc(S(=O)(=O)NCCC)cc1. The van der Waals surface area contributed by atoms with Crippen LogP contribution in [0.2, 0.25) is 0 Å². The van der Waals surface area contributed by atoms with E-state index in [1.54, 1.807) is 18.2 Å². The van der Waals surface area contributed by atoms with E-state index in [1.165, 1.54) is 12.1 Å². The zero-order chi connectivity index (χ0) is 12.7. The fraction of sp³-hybridized carbons (Fsp3) is 0.333. The second-order valence-electron chi connectivity index (χ2n) is 3.47. The van der Waals surface area contributed by atoms with Crippen molar-refractivity contribution in [3.8, 4) is 5.75 Å². The number of benzene rings is 1. The maximum absolute atomic E-state index is 11.7. The molecule has 5 heteroatoms. The number of rotatable bonds is 7. The van der Waals surface area contributed by atoms with Gasteiger partial charge in [-0.15, -0.1) is 0 Å². The Morgan fingerprint density at radius 2 is 2.00 bits per heavy atom. The molecule has 0 saturated heterocycles. The first-order chi connectivity index (χ1) is 8.10. The molecule has 0 aliphatic rings. The van der Waals surface area contributed by atoms with Gasteiger partial charge in [-0.1, -0.05) is 19.6 Å². The second-order valence-corrected chi connectivity index (χ2v) is 5.24. The number of nitrogens with one attached hydrogen (secondary N) is 1. The van der Waals surface area contributed by atoms with Crippen LogP contribution in [-0.2, 0) is 10.0 Å². The van der Waals surface area contributed by atoms with E-state index in [0.717, 1.165) is 6.42 Å². The maximum atomic E-state index is 11.7. The Balaban J connectivity index is 2.76. The van der Waals surface area contributed by atoms with E-state index in [4.69, 9.17) is 4.74 Å². The lowest BCUT2D eigenvalue weighted by atomic mass is 10.3. The summed E-state index contributed by atoms with van der Waals surface area (Å²) in [6.07, 6.45) is 2.40. The van der Waals surface area contributed by atoms with Crippen LogP contribution in [0.1, 0.15) is 13.3 Å². The van der Waals surface area contributed by atoms with Crippen molar-refractivity contribution in [3.63, 3.8) is 0 Å². The molecule has 0 unspecified atom stereocenters. The lowest BCUT2D eigenvalue weighted by Gasteiger charge is -2.07. The molecule has 1 rings (SSSR count). The van der Waals surface area contributed by atoms with Gasteiger partial charge >= 0.3 is 0 Å². The van der Waals surface area contributed by atoms with E-state index < -0.39 is 10.0 Å². The summed E-state index contributed by atoms with van der Waals surface area (Å²) in [7, 11) is -3.39. The highest BCUT2D eigenvalue weighted by Gasteiger charge is 2.12. The van der Waals surface area contributed by atoms with E-state index >= 15 is 0 Å². The molecule has 0 saturated carbocycles. The van der Waals surface area contributed by atoms with Crippen LogP contribution in [0.25, 0.3) is 0 Å². The Hall–Kier alpha value is -1.33. The quantitative estimate of drug-likeness (QED) is 0.757. The summed E-state index contributed by atoms with van der Waals surface area (Å²) in [5.74, 6) is 0.624. The minimum atomic E-state index is -3.39. The average Bonchev–Trinajstić information content (AvgIpc) is 2.34. The van der Waals surface area contributed by atoms with Crippen LogP contribution in [0.5, 0.6) is 5.75 Å². The van der Waals surface area contributed by atoms with Gasteiger partial charge < -0.3 is 4.74 Å². The Bertz CT molecular complexity index is 451. The van der Waals surface area contributed by atoms with Crippen molar-refractivity contribution in [2.45, 2.75) is 18.2 Å². The van der Waals surface area contributed by atoms with Crippen molar-refractivity contribution in [2.24, 2.45) is 0 Å². The van der Waals surface area contributed by atoms with Crippen LogP contribution in [-0.4, -0.2) is 21.6 Å². The van der Waals surface area contributed by atoms with Gasteiger partial charge in [0.1, 0.15) is 12.4 Å². The molecule has 94 valence electrons. The molecule has 17 heavy (non-hydrogen) atoms. The molecule has 1 aromatic carbocycles. The van der Waals surface area contributed by atoms with Crippen molar-refractivity contribution in [3.05, 3.63) is 36.9 Å². The highest BCUT2D eigenvalue weighted by Crippen LogP contribution is 2.15. The molecule has 4 nitrogen and oxygen atoms in total. The second kappa shape index (κ2) is 6.42. The fourth-order valence-electron chi connectivity index (χ4n) is 1.19. The van der Waals surface area contributed by atoms with Crippen LogP contribution in [0, 0.1) is 0 Å². The molecule has 0 fully saturated rings. The first-order valence-electron chi connectivity index (χ1n) is 5.43. The lowest BCUT2D eigenvalue weighted by Crippen LogP contribution is -2.24. The van der Waals surface area contributed by atoms with Crippen molar-refractivity contribution < 1.29 is 13.2 Å². The van der Waals surface area contributed by atoms with E-state index in [1.807, 2.05) is 6.92 Å². The minimum absolute atomic E-state index is 0.247. The molecule has 0 spiro atoms. The largest absolute Gasteiger partial charge is 0.490 e. The van der Waals surface area contributed by atoms with Crippen molar-refractivity contribution in [2.75, 3.05) is 13.2 Å². The smallest absolute Gasteiger partial charge is 0.240 e. The summed E-state index contributed by atoms with van der Waals surface area (Å²) in [5.41, 5.74) is 0. The molecule has 0 heterocycles. The van der Waals surface area contributed by atoms with Crippen LogP contribution in [0.3, 0.4) is 0 Å². The third-order valence-electron chi connectivity index (χ3n) is 2.04. The third-order valence-corrected chi connectivity index (χ3v) is 3.52. The van der Waals surface area contributed by atoms with Gasteiger partial charge in [-0.2, -0.15) is 0 Å². The molecule has 0 atom stereocenters. The Morgan fingerprint density at radius 3 is 2.53 bits per heavy atom. The maximum Gasteiger partial charge on any atom is 0.240 e. The standard InChI is InChI=1S/C12H17NO3S/c1-3-9-13-17(14,15)12-7-5-11(6-8-12)16-10-4-2/h4-8,13H,2-3,9-10H2,1H3. The predicted molar refractivity (Wildman–Crippen MR) is 67.6 cm³/mol. The molecule has 0 bridgehead atoms. The monoisotopic (exact) mass is 255 g/mol. The van der Waals surface area contributed by atoms with Gasteiger partial charge in [0.25, 0.3) is 0 Å². The number of sulfonamides is 1. The van der Waals surface area contributed by atoms with E-state index in [-0.39, 0.29) is 4.90 Å². The fourth-order valence-corrected chi connectivity index (χ4v) is 2.32. The first-order valence-corrected chi connectivity index (χ1v) is 6.92. The molecule has 0 aliphatic carbocycles. The van der Waals surface area contributed by atoms with Gasteiger partial charge in [0.15, 0.2) is 0 Å². The summed E-state index contributed by atoms with van der Waals surface area (Å²) in [6.45, 7) is 6.29. The third kappa shape index (κ3) is 4.20. The molecule has 0 amide bonds. The molecule has 0 aliphatic heterocycles. The van der Waals surface area contributed by atoms with Gasteiger partial charge in [-0.05, 0) is 30.7 Å². The van der Waals surface area contributed by atoms with Crippen LogP contribution >= 0.6 is 0 Å². The first kappa shape index (κ1) is 13.7. The van der Waals surface area contributed by atoms with Crippen LogP contribution < -0.4 is 9.46 Å². The van der Waals surface area contributed by atoms with Crippen molar-refractivity contribution in [1.82, 2.24) is 4.72 Å². The lowest BCUT2D eigenvalue weighted by molar-refractivity contribution is 0.363. The summed E-state index contributed by atoms with van der Waals surface area (Å²) < 4.78 is 31.3. The Kier molecular flexibility index (Phi) is 5.18. The number of hydrogen-bond donors (Lipinski definition) is 1. The van der Waals surface area contributed by atoms with Gasteiger partial charge in [0.2, 0.25) is 10.0 Å². The molecule has 0 radical (unpaired) electrons. The molecular formula is C12H17NO3S. The summed E-state index contributed by atoms with van der Waals surface area (Å²) in [4.78, 5) is 0.247. The average molecular weight is 255 g/mol. The molecule has 1 aromatic rings. The molecule has 1 N–H and O–H groups in total. The normalized spacial score (nSPS) is 11.1. The van der Waals surface area contributed by atoms with Gasteiger partial charge in [-0.3, -0.25) is 0 Å². The summed E-state index contributed by atoms with van der Waals surface area (Å²) >= 11 is 0. The highest BCUT2D eigenvalue weighted by molar-refractivity contribution is 7.89. The highest BCUT2D eigenvalue weighted by atomic mass is 32.2. The van der Waals surface area contributed by atoms with Crippen LogP contribution in [0.4, 0.5) is 0 Å². The Morgan fingerprint density at radius 1 is 1.35 bits per heavy atom. The summed E-state index contributed by atoms with van der Waals surface area (Å²) in [5, 5.41) is 0. The van der Waals surface area contributed by atoms with E-state index in [9.17, 15) is 8.42 Å². The summed E-state index contributed by atoms with van der Waals surface area (Å²) in [6, 6.07) is 6.31. The van der Waals surface area contributed by atoms with Crippen molar-refractivity contribution in [1.29, 1.82) is 0 Å². The van der Waals surface area contributed by atoms with E-state index in [0.29, 0.717) is 18.9 Å². The predicted octanol–water partition coefficient (Wildman–Crippen LogP) is 1.94. The zero-order valence-electron chi connectivity index (χ0n) is 9.85. The molecule has 0 aromatic heterocycles. The van der Waals surface area contributed by atoms with Gasteiger partial charge in [0, 0.05) is 6.54 Å². The Labute approximate surface area is 102 Å². The topological polar surface area (TPSA) is 55.4 Å². The number of hydrogen-bond acceptors (Lipinski definition) is 3. The number of ether oxygens (including phenoxy) is 1.